The molecule has 2 aliphatic heterocycles. The van der Waals surface area contributed by atoms with E-state index >= 15 is 0 Å². The minimum absolute atomic E-state index is 0.112. The number of likely N-dealkylation sites (tertiary alicyclic amines) is 1. The van der Waals surface area contributed by atoms with Gasteiger partial charge in [-0.2, -0.15) is 0 Å². The molecule has 2 heterocycles. The van der Waals surface area contributed by atoms with Gasteiger partial charge in [0, 0.05) is 19.1 Å². The predicted octanol–water partition coefficient (Wildman–Crippen LogP) is 3.71. The van der Waals surface area contributed by atoms with Gasteiger partial charge in [0.05, 0.1) is 23.3 Å². The van der Waals surface area contributed by atoms with Crippen LogP contribution in [0.4, 0.5) is 5.69 Å². The Bertz CT molecular complexity index is 1060. The maximum atomic E-state index is 13.6. The van der Waals surface area contributed by atoms with Crippen LogP contribution < -0.4 is 9.04 Å². The first kappa shape index (κ1) is 20.7. The second kappa shape index (κ2) is 7.95. The van der Waals surface area contributed by atoms with Crippen molar-refractivity contribution in [2.24, 2.45) is 5.92 Å². The third kappa shape index (κ3) is 3.55. The number of hydrogen-bond donors (Lipinski definition) is 0. The summed E-state index contributed by atoms with van der Waals surface area (Å²) in [5.74, 6) is 0.817. The molecule has 2 aliphatic rings. The zero-order chi connectivity index (χ0) is 21.5. The average molecular weight is 429 g/mol. The predicted molar refractivity (Wildman–Crippen MR) is 117 cm³/mol. The number of amides is 1. The summed E-state index contributed by atoms with van der Waals surface area (Å²) in [5, 5.41) is 0. The van der Waals surface area contributed by atoms with Crippen LogP contribution in [0, 0.1) is 5.92 Å². The van der Waals surface area contributed by atoms with Crippen molar-refractivity contribution in [1.29, 1.82) is 0 Å². The molecule has 2 aromatic rings. The highest BCUT2D eigenvalue weighted by molar-refractivity contribution is 7.92. The molecular formula is C23H28N2O4S. The Morgan fingerprint density at radius 1 is 1.07 bits per heavy atom. The molecule has 1 unspecified atom stereocenters. The van der Waals surface area contributed by atoms with Crippen LogP contribution in [0.2, 0.25) is 0 Å². The Labute approximate surface area is 178 Å². The number of para-hydroxylation sites is 1. The van der Waals surface area contributed by atoms with Gasteiger partial charge in [-0.3, -0.25) is 9.10 Å². The molecule has 30 heavy (non-hydrogen) atoms. The van der Waals surface area contributed by atoms with E-state index in [2.05, 4.69) is 6.92 Å². The highest BCUT2D eigenvalue weighted by Crippen LogP contribution is 2.37. The summed E-state index contributed by atoms with van der Waals surface area (Å²) in [7, 11) is -2.32. The van der Waals surface area contributed by atoms with E-state index in [0.717, 1.165) is 18.4 Å². The number of anilines is 1. The van der Waals surface area contributed by atoms with E-state index in [1.54, 1.807) is 11.0 Å². The number of sulfonamides is 1. The standard InChI is InChI=1S/C23H28N2O4S/c1-16-10-12-24(13-11-16)23(26)20-15-19(8-9-22(20)29-3)30(27,28)25-17(2)14-18-6-4-5-7-21(18)25/h4-9,15-17H,10-14H2,1-3H3. The Balaban J connectivity index is 1.71. The summed E-state index contributed by atoms with van der Waals surface area (Å²) in [4.78, 5) is 15.1. The maximum absolute atomic E-state index is 13.6. The first-order chi connectivity index (χ1) is 14.3. The molecule has 0 bridgehead atoms. The van der Waals surface area contributed by atoms with E-state index in [1.165, 1.54) is 23.5 Å². The molecule has 1 fully saturated rings. The lowest BCUT2D eigenvalue weighted by molar-refractivity contribution is 0.0693. The summed E-state index contributed by atoms with van der Waals surface area (Å²) in [6, 6.07) is 12.0. The van der Waals surface area contributed by atoms with Gasteiger partial charge in [-0.25, -0.2) is 8.42 Å². The third-order valence-electron chi connectivity index (χ3n) is 6.17. The first-order valence-electron chi connectivity index (χ1n) is 10.4. The van der Waals surface area contributed by atoms with Gasteiger partial charge in [0.15, 0.2) is 0 Å². The molecule has 0 N–H and O–H groups in total. The van der Waals surface area contributed by atoms with Crippen molar-refractivity contribution in [3.63, 3.8) is 0 Å². The first-order valence-corrected chi connectivity index (χ1v) is 11.9. The molecule has 4 rings (SSSR count). The van der Waals surface area contributed by atoms with E-state index < -0.39 is 10.0 Å². The van der Waals surface area contributed by atoms with Gasteiger partial charge in [-0.15, -0.1) is 0 Å². The van der Waals surface area contributed by atoms with E-state index in [4.69, 9.17) is 4.74 Å². The number of hydrogen-bond acceptors (Lipinski definition) is 4. The van der Waals surface area contributed by atoms with Gasteiger partial charge in [-0.05, 0) is 61.9 Å². The zero-order valence-electron chi connectivity index (χ0n) is 17.7. The molecule has 1 saturated heterocycles. The van der Waals surface area contributed by atoms with Crippen LogP contribution in [-0.4, -0.2) is 45.5 Å². The van der Waals surface area contributed by atoms with Crippen LogP contribution in [0.25, 0.3) is 0 Å². The fourth-order valence-electron chi connectivity index (χ4n) is 4.41. The number of fused-ring (bicyclic) bond motifs is 1. The molecule has 7 heteroatoms. The van der Waals surface area contributed by atoms with Crippen molar-refractivity contribution in [3.05, 3.63) is 53.6 Å². The van der Waals surface area contributed by atoms with Crippen molar-refractivity contribution in [2.75, 3.05) is 24.5 Å². The molecule has 0 aliphatic carbocycles. The van der Waals surface area contributed by atoms with Gasteiger partial charge >= 0.3 is 0 Å². The number of piperidine rings is 1. The number of rotatable bonds is 4. The molecule has 0 radical (unpaired) electrons. The lowest BCUT2D eigenvalue weighted by atomic mass is 9.98. The van der Waals surface area contributed by atoms with Crippen molar-refractivity contribution in [3.8, 4) is 5.75 Å². The molecule has 1 atom stereocenters. The lowest BCUT2D eigenvalue weighted by Gasteiger charge is -2.31. The molecule has 160 valence electrons. The van der Waals surface area contributed by atoms with Gasteiger partial charge in [-0.1, -0.05) is 25.1 Å². The largest absolute Gasteiger partial charge is 0.496 e. The van der Waals surface area contributed by atoms with Gasteiger partial charge in [0.1, 0.15) is 5.75 Å². The number of benzene rings is 2. The number of carbonyl (C=O) groups is 1. The van der Waals surface area contributed by atoms with Gasteiger partial charge < -0.3 is 9.64 Å². The van der Waals surface area contributed by atoms with E-state index in [0.29, 0.717) is 42.4 Å². The third-order valence-corrected chi connectivity index (χ3v) is 8.10. The molecule has 1 amide bonds. The lowest BCUT2D eigenvalue weighted by Crippen LogP contribution is -2.38. The number of nitrogens with zero attached hydrogens (tertiary/aromatic N) is 2. The minimum atomic E-state index is -3.81. The van der Waals surface area contributed by atoms with Gasteiger partial charge in [0.25, 0.3) is 15.9 Å². The molecule has 0 spiro atoms. The number of ether oxygens (including phenoxy) is 1. The van der Waals surface area contributed by atoms with E-state index in [9.17, 15) is 13.2 Å². The normalized spacial score (nSPS) is 19.6. The number of methoxy groups -OCH3 is 1. The van der Waals surface area contributed by atoms with Crippen molar-refractivity contribution >= 4 is 21.6 Å². The SMILES string of the molecule is COc1ccc(S(=O)(=O)N2c3ccccc3CC2C)cc1C(=O)N1CCC(C)CC1. The highest BCUT2D eigenvalue weighted by atomic mass is 32.2. The van der Waals surface area contributed by atoms with E-state index in [-0.39, 0.29) is 16.8 Å². The summed E-state index contributed by atoms with van der Waals surface area (Å²) in [6.45, 7) is 5.44. The monoisotopic (exact) mass is 428 g/mol. The van der Waals surface area contributed by atoms with Crippen LogP contribution in [0.15, 0.2) is 47.4 Å². The van der Waals surface area contributed by atoms with Crippen LogP contribution in [-0.2, 0) is 16.4 Å². The van der Waals surface area contributed by atoms with E-state index in [1.807, 2.05) is 31.2 Å². The summed E-state index contributed by atoms with van der Waals surface area (Å²) >= 11 is 0. The fourth-order valence-corrected chi connectivity index (χ4v) is 6.13. The van der Waals surface area contributed by atoms with Crippen LogP contribution >= 0.6 is 0 Å². The number of carbonyl (C=O) groups excluding carboxylic acids is 1. The molecule has 0 aromatic heterocycles. The quantitative estimate of drug-likeness (QED) is 0.745. The van der Waals surface area contributed by atoms with Crippen LogP contribution in [0.5, 0.6) is 5.75 Å². The van der Waals surface area contributed by atoms with Crippen LogP contribution in [0.1, 0.15) is 42.6 Å². The summed E-state index contributed by atoms with van der Waals surface area (Å²) in [5.41, 5.74) is 2.02. The second-order valence-corrected chi connectivity index (χ2v) is 10.1. The zero-order valence-corrected chi connectivity index (χ0v) is 18.5. The highest BCUT2D eigenvalue weighted by Gasteiger charge is 2.36. The molecule has 0 saturated carbocycles. The average Bonchev–Trinajstić information content (AvgIpc) is 3.09. The van der Waals surface area contributed by atoms with Crippen molar-refractivity contribution in [2.45, 2.75) is 44.0 Å². The molecular weight excluding hydrogens is 400 g/mol. The Hall–Kier alpha value is -2.54. The molecule has 2 aromatic carbocycles. The summed E-state index contributed by atoms with van der Waals surface area (Å²) < 4.78 is 34.0. The van der Waals surface area contributed by atoms with Crippen LogP contribution in [0.3, 0.4) is 0 Å². The smallest absolute Gasteiger partial charge is 0.264 e. The Kier molecular flexibility index (Phi) is 5.49. The maximum Gasteiger partial charge on any atom is 0.264 e. The summed E-state index contributed by atoms with van der Waals surface area (Å²) in [6.07, 6.45) is 2.57. The second-order valence-electron chi connectivity index (χ2n) is 8.32. The fraction of sp³-hybridized carbons (Fsp3) is 0.435. The topological polar surface area (TPSA) is 66.9 Å². The van der Waals surface area contributed by atoms with Crippen molar-refractivity contribution in [1.82, 2.24) is 4.90 Å². The Morgan fingerprint density at radius 3 is 2.47 bits per heavy atom. The minimum Gasteiger partial charge on any atom is -0.496 e. The Morgan fingerprint density at radius 2 is 1.77 bits per heavy atom. The van der Waals surface area contributed by atoms with Crippen molar-refractivity contribution < 1.29 is 17.9 Å². The molecule has 6 nitrogen and oxygen atoms in total. The van der Waals surface area contributed by atoms with Gasteiger partial charge in [0.2, 0.25) is 0 Å².